The zero-order chi connectivity index (χ0) is 12.0. The standard InChI is InChI=1S/C11H18N2O3/c1-10(2,3)16-9(15)13-5-4-11(7-13)6-8(14)12-11/h4-7H2,1-3H3,(H,12,14). The molecule has 1 spiro atoms. The number of nitrogens with zero attached hydrogens (tertiary/aromatic N) is 1. The third-order valence-corrected chi connectivity index (χ3v) is 2.91. The first-order valence-electron chi connectivity index (χ1n) is 5.59. The van der Waals surface area contributed by atoms with Gasteiger partial charge in [-0.1, -0.05) is 0 Å². The molecule has 0 saturated carbocycles. The van der Waals surface area contributed by atoms with Gasteiger partial charge in [0, 0.05) is 13.1 Å². The smallest absolute Gasteiger partial charge is 0.410 e. The summed E-state index contributed by atoms with van der Waals surface area (Å²) in [7, 11) is 0. The van der Waals surface area contributed by atoms with E-state index in [1.807, 2.05) is 20.8 Å². The Balaban J connectivity index is 1.89. The van der Waals surface area contributed by atoms with Crippen molar-refractivity contribution in [3.8, 4) is 0 Å². The van der Waals surface area contributed by atoms with E-state index in [1.165, 1.54) is 0 Å². The van der Waals surface area contributed by atoms with E-state index < -0.39 is 5.60 Å². The van der Waals surface area contributed by atoms with Crippen LogP contribution in [-0.2, 0) is 9.53 Å². The highest BCUT2D eigenvalue weighted by atomic mass is 16.6. The van der Waals surface area contributed by atoms with Crippen molar-refractivity contribution >= 4 is 12.0 Å². The van der Waals surface area contributed by atoms with Gasteiger partial charge in [-0.05, 0) is 27.2 Å². The molecule has 2 rings (SSSR count). The molecule has 2 fully saturated rings. The second kappa shape index (κ2) is 3.37. The molecule has 2 aliphatic heterocycles. The number of ether oxygens (including phenoxy) is 1. The number of nitrogens with one attached hydrogen (secondary N) is 1. The van der Waals surface area contributed by atoms with Crippen molar-refractivity contribution in [3.05, 3.63) is 0 Å². The lowest BCUT2D eigenvalue weighted by Crippen LogP contribution is -2.62. The summed E-state index contributed by atoms with van der Waals surface area (Å²) in [6, 6.07) is 0. The maximum atomic E-state index is 11.8. The Hall–Kier alpha value is -1.26. The van der Waals surface area contributed by atoms with Gasteiger partial charge in [0.2, 0.25) is 5.91 Å². The Morgan fingerprint density at radius 2 is 2.12 bits per heavy atom. The first-order chi connectivity index (χ1) is 7.30. The zero-order valence-corrected chi connectivity index (χ0v) is 10.0. The first kappa shape index (κ1) is 11.2. The fourth-order valence-corrected chi connectivity index (χ4v) is 2.19. The quantitative estimate of drug-likeness (QED) is 0.624. The minimum atomic E-state index is -0.463. The van der Waals surface area contributed by atoms with Crippen LogP contribution in [0, 0.1) is 0 Å². The number of rotatable bonds is 0. The predicted molar refractivity (Wildman–Crippen MR) is 57.9 cm³/mol. The van der Waals surface area contributed by atoms with Crippen LogP contribution in [0.3, 0.4) is 0 Å². The van der Waals surface area contributed by atoms with E-state index in [-0.39, 0.29) is 17.5 Å². The van der Waals surface area contributed by atoms with Crippen LogP contribution in [0.25, 0.3) is 0 Å². The van der Waals surface area contributed by atoms with Crippen LogP contribution in [0.4, 0.5) is 4.79 Å². The molecule has 90 valence electrons. The van der Waals surface area contributed by atoms with Gasteiger partial charge in [-0.15, -0.1) is 0 Å². The molecule has 0 aromatic rings. The van der Waals surface area contributed by atoms with Crippen LogP contribution in [-0.4, -0.2) is 41.1 Å². The summed E-state index contributed by atoms with van der Waals surface area (Å²) in [6.07, 6.45) is 1.08. The van der Waals surface area contributed by atoms with Gasteiger partial charge in [0.25, 0.3) is 0 Å². The van der Waals surface area contributed by atoms with Crippen molar-refractivity contribution in [2.24, 2.45) is 0 Å². The monoisotopic (exact) mass is 226 g/mol. The van der Waals surface area contributed by atoms with Crippen LogP contribution in [0.5, 0.6) is 0 Å². The Kier molecular flexibility index (Phi) is 2.36. The number of hydrogen-bond acceptors (Lipinski definition) is 3. The highest BCUT2D eigenvalue weighted by molar-refractivity contribution is 5.85. The first-order valence-corrected chi connectivity index (χ1v) is 5.59. The number of likely N-dealkylation sites (tertiary alicyclic amines) is 1. The van der Waals surface area contributed by atoms with Gasteiger partial charge in [-0.2, -0.15) is 0 Å². The molecule has 0 aromatic carbocycles. The van der Waals surface area contributed by atoms with Crippen molar-refractivity contribution in [2.45, 2.75) is 44.8 Å². The lowest BCUT2D eigenvalue weighted by atomic mass is 9.86. The lowest BCUT2D eigenvalue weighted by Gasteiger charge is -2.38. The molecular weight excluding hydrogens is 208 g/mol. The summed E-state index contributed by atoms with van der Waals surface area (Å²) >= 11 is 0. The summed E-state index contributed by atoms with van der Waals surface area (Å²) in [5.74, 6) is 0.0750. The molecule has 0 aliphatic carbocycles. The molecule has 0 radical (unpaired) electrons. The van der Waals surface area contributed by atoms with E-state index in [0.717, 1.165) is 6.42 Å². The van der Waals surface area contributed by atoms with Crippen LogP contribution < -0.4 is 5.32 Å². The van der Waals surface area contributed by atoms with Gasteiger partial charge in [0.1, 0.15) is 5.60 Å². The summed E-state index contributed by atoms with van der Waals surface area (Å²) in [5, 5.41) is 2.88. The van der Waals surface area contributed by atoms with Crippen LogP contribution in [0.1, 0.15) is 33.6 Å². The fourth-order valence-electron chi connectivity index (χ4n) is 2.19. The van der Waals surface area contributed by atoms with Gasteiger partial charge in [0.05, 0.1) is 12.0 Å². The second-order valence-corrected chi connectivity index (χ2v) is 5.66. The average Bonchev–Trinajstić information content (AvgIpc) is 2.45. The zero-order valence-electron chi connectivity index (χ0n) is 10.0. The van der Waals surface area contributed by atoms with Gasteiger partial charge >= 0.3 is 6.09 Å². The van der Waals surface area contributed by atoms with Crippen LogP contribution in [0.15, 0.2) is 0 Å². The van der Waals surface area contributed by atoms with E-state index in [1.54, 1.807) is 4.90 Å². The van der Waals surface area contributed by atoms with E-state index in [9.17, 15) is 9.59 Å². The number of β-lactam (4-membered cyclic amide) rings is 1. The summed E-state index contributed by atoms with van der Waals surface area (Å²) in [5.41, 5.74) is -0.621. The molecule has 2 saturated heterocycles. The van der Waals surface area contributed by atoms with Gasteiger partial charge in [-0.25, -0.2) is 4.79 Å². The number of hydrogen-bond donors (Lipinski definition) is 1. The molecule has 1 N–H and O–H groups in total. The highest BCUT2D eigenvalue weighted by Gasteiger charge is 2.49. The molecule has 0 aromatic heterocycles. The molecule has 2 aliphatic rings. The Morgan fingerprint density at radius 3 is 2.62 bits per heavy atom. The molecular formula is C11H18N2O3. The number of carbonyl (C=O) groups excluding carboxylic acids is 2. The van der Waals surface area contributed by atoms with E-state index in [2.05, 4.69) is 5.32 Å². The van der Waals surface area contributed by atoms with E-state index in [4.69, 9.17) is 4.74 Å². The Bertz CT molecular complexity index is 325. The topological polar surface area (TPSA) is 58.6 Å². The highest BCUT2D eigenvalue weighted by Crippen LogP contribution is 2.31. The van der Waals surface area contributed by atoms with Gasteiger partial charge in [-0.3, -0.25) is 4.79 Å². The molecule has 16 heavy (non-hydrogen) atoms. The van der Waals surface area contributed by atoms with E-state index >= 15 is 0 Å². The summed E-state index contributed by atoms with van der Waals surface area (Å²) in [4.78, 5) is 24.4. The lowest BCUT2D eigenvalue weighted by molar-refractivity contribution is -0.132. The number of carbonyl (C=O) groups is 2. The molecule has 2 amide bonds. The van der Waals surface area contributed by atoms with Crippen molar-refractivity contribution in [3.63, 3.8) is 0 Å². The molecule has 5 heteroatoms. The van der Waals surface area contributed by atoms with Crippen LogP contribution in [0.2, 0.25) is 0 Å². The minimum Gasteiger partial charge on any atom is -0.444 e. The Labute approximate surface area is 95.1 Å². The molecule has 1 unspecified atom stereocenters. The normalized spacial score (nSPS) is 28.9. The second-order valence-electron chi connectivity index (χ2n) is 5.66. The third kappa shape index (κ3) is 2.13. The maximum absolute atomic E-state index is 11.8. The van der Waals surface area contributed by atoms with Crippen molar-refractivity contribution in [2.75, 3.05) is 13.1 Å². The third-order valence-electron chi connectivity index (χ3n) is 2.91. The summed E-state index contributed by atoms with van der Waals surface area (Å²) < 4.78 is 5.28. The van der Waals surface area contributed by atoms with Crippen LogP contribution >= 0.6 is 0 Å². The largest absolute Gasteiger partial charge is 0.444 e. The van der Waals surface area contributed by atoms with Crippen molar-refractivity contribution < 1.29 is 14.3 Å². The molecule has 5 nitrogen and oxygen atoms in total. The molecule has 1 atom stereocenters. The molecule has 0 bridgehead atoms. The Morgan fingerprint density at radius 1 is 1.50 bits per heavy atom. The maximum Gasteiger partial charge on any atom is 0.410 e. The van der Waals surface area contributed by atoms with Gasteiger partial charge < -0.3 is 15.0 Å². The van der Waals surface area contributed by atoms with Crippen molar-refractivity contribution in [1.29, 1.82) is 0 Å². The minimum absolute atomic E-state index is 0.0750. The van der Waals surface area contributed by atoms with Gasteiger partial charge in [0.15, 0.2) is 0 Å². The summed E-state index contributed by atoms with van der Waals surface area (Å²) in [6.45, 7) is 6.79. The SMILES string of the molecule is CC(C)(C)OC(=O)N1CCC2(CC(=O)N2)C1. The predicted octanol–water partition coefficient (Wildman–Crippen LogP) is 0.886. The molecule has 2 heterocycles. The van der Waals surface area contributed by atoms with E-state index in [0.29, 0.717) is 19.5 Å². The van der Waals surface area contributed by atoms with Crippen molar-refractivity contribution in [1.82, 2.24) is 10.2 Å². The fraction of sp³-hybridized carbons (Fsp3) is 0.818. The number of amides is 2. The average molecular weight is 226 g/mol.